The maximum atomic E-state index is 14.5. The van der Waals surface area contributed by atoms with Gasteiger partial charge < -0.3 is 15.4 Å². The molecular weight excluding hydrogens is 670 g/mol. The van der Waals surface area contributed by atoms with Gasteiger partial charge in [0.25, 0.3) is 5.92 Å². The Morgan fingerprint density at radius 1 is 1.12 bits per heavy atom. The lowest BCUT2D eigenvalue weighted by Crippen LogP contribution is -2.66. The Bertz CT molecular complexity index is 1770. The van der Waals surface area contributed by atoms with Crippen LogP contribution in [0.4, 0.5) is 34.0 Å². The van der Waals surface area contributed by atoms with Crippen molar-refractivity contribution in [1.29, 1.82) is 5.26 Å². The predicted molar refractivity (Wildman–Crippen MR) is 170 cm³/mol. The van der Waals surface area contributed by atoms with E-state index in [0.29, 0.717) is 6.07 Å². The van der Waals surface area contributed by atoms with E-state index in [1.165, 1.54) is 24.4 Å². The molecule has 2 aromatic carbocycles. The molecule has 0 spiro atoms. The summed E-state index contributed by atoms with van der Waals surface area (Å²) in [6.07, 6.45) is -0.860. The van der Waals surface area contributed by atoms with E-state index in [0.717, 1.165) is 21.9 Å². The van der Waals surface area contributed by atoms with Crippen molar-refractivity contribution in [3.63, 3.8) is 0 Å². The fraction of sp³-hybridized carbons (Fsp3) is 0.394. The molecule has 1 saturated carbocycles. The quantitative estimate of drug-likeness (QED) is 0.297. The molecule has 2 heterocycles. The summed E-state index contributed by atoms with van der Waals surface area (Å²) in [4.78, 5) is 52.2. The number of ether oxygens (including phenoxy) is 1. The molecule has 0 bridgehead atoms. The van der Waals surface area contributed by atoms with Crippen LogP contribution in [0.2, 0.25) is 5.02 Å². The number of amides is 3. The smallest absolute Gasteiger partial charge is 0.410 e. The summed E-state index contributed by atoms with van der Waals surface area (Å²) in [6.45, 7) is 4.03. The normalized spacial score (nSPS) is 18.9. The fourth-order valence-corrected chi connectivity index (χ4v) is 6.09. The topological polar surface area (TPSA) is 141 Å². The zero-order chi connectivity index (χ0) is 35.7. The van der Waals surface area contributed by atoms with Crippen LogP contribution in [0.5, 0.6) is 0 Å². The highest BCUT2D eigenvalue weighted by Crippen LogP contribution is 2.39. The zero-order valence-electron chi connectivity index (χ0n) is 26.6. The SMILES string of the molecule is CC(C)(C)OC(=O)N1CC(=O)N(c2nccc(C#N)n2)[C@H](C(Nc2cc(F)cc(F)c2)C(C(=O)NC2CC(F)(F)C2)c2ccccc2Cl)C1. The lowest BCUT2D eigenvalue weighted by Gasteiger charge is -2.46. The van der Waals surface area contributed by atoms with Crippen LogP contribution in [0.3, 0.4) is 0 Å². The molecule has 49 heavy (non-hydrogen) atoms. The number of halogens is 5. The number of aromatic nitrogens is 2. The first-order valence-electron chi connectivity index (χ1n) is 15.2. The molecule has 1 saturated heterocycles. The van der Waals surface area contributed by atoms with Gasteiger partial charge in [-0.3, -0.25) is 19.4 Å². The van der Waals surface area contributed by atoms with E-state index < -0.39 is 84.5 Å². The molecule has 16 heteroatoms. The third-order valence-electron chi connectivity index (χ3n) is 7.89. The van der Waals surface area contributed by atoms with Gasteiger partial charge in [0.15, 0.2) is 0 Å². The van der Waals surface area contributed by atoms with Gasteiger partial charge in [-0.25, -0.2) is 32.3 Å². The first-order valence-corrected chi connectivity index (χ1v) is 15.6. The number of carbonyl (C=O) groups is 3. The molecule has 3 amide bonds. The summed E-state index contributed by atoms with van der Waals surface area (Å²) in [5.41, 5.74) is -1.04. The maximum absolute atomic E-state index is 14.5. The first kappa shape index (κ1) is 35.3. The summed E-state index contributed by atoms with van der Waals surface area (Å²) < 4.78 is 62.3. The van der Waals surface area contributed by atoms with E-state index >= 15 is 0 Å². The van der Waals surface area contributed by atoms with Crippen molar-refractivity contribution in [2.75, 3.05) is 23.3 Å². The molecule has 258 valence electrons. The van der Waals surface area contributed by atoms with Gasteiger partial charge in [0.1, 0.15) is 35.5 Å². The van der Waals surface area contributed by atoms with Gasteiger partial charge in [-0.1, -0.05) is 29.8 Å². The molecule has 2 aliphatic rings. The van der Waals surface area contributed by atoms with E-state index in [1.807, 2.05) is 6.07 Å². The Balaban J connectivity index is 1.70. The van der Waals surface area contributed by atoms with Gasteiger partial charge >= 0.3 is 6.09 Å². The van der Waals surface area contributed by atoms with E-state index in [2.05, 4.69) is 20.6 Å². The van der Waals surface area contributed by atoms with Crippen LogP contribution in [0.25, 0.3) is 0 Å². The van der Waals surface area contributed by atoms with Crippen LogP contribution < -0.4 is 15.5 Å². The van der Waals surface area contributed by atoms with Gasteiger partial charge in [-0.05, 0) is 50.6 Å². The van der Waals surface area contributed by atoms with Gasteiger partial charge in [0.2, 0.25) is 17.8 Å². The van der Waals surface area contributed by atoms with Crippen LogP contribution >= 0.6 is 11.6 Å². The van der Waals surface area contributed by atoms with E-state index in [4.69, 9.17) is 16.3 Å². The Kier molecular flexibility index (Phi) is 10.0. The molecule has 1 aromatic heterocycles. The average molecular weight is 702 g/mol. The number of hydrogen-bond acceptors (Lipinski definition) is 8. The van der Waals surface area contributed by atoms with E-state index in [-0.39, 0.29) is 34.5 Å². The molecule has 2 unspecified atom stereocenters. The maximum Gasteiger partial charge on any atom is 0.410 e. The van der Waals surface area contributed by atoms with Crippen LogP contribution in [0.15, 0.2) is 54.7 Å². The lowest BCUT2D eigenvalue weighted by atomic mass is 9.82. The molecule has 5 rings (SSSR count). The molecule has 0 radical (unpaired) electrons. The van der Waals surface area contributed by atoms with Crippen molar-refractivity contribution in [1.82, 2.24) is 20.2 Å². The summed E-state index contributed by atoms with van der Waals surface area (Å²) >= 11 is 6.63. The molecular formula is C33H32ClF4N7O4. The highest BCUT2D eigenvalue weighted by Gasteiger charge is 2.50. The number of hydrogen-bond donors (Lipinski definition) is 2. The molecule has 3 aromatic rings. The van der Waals surface area contributed by atoms with Crippen molar-refractivity contribution < 1.29 is 36.7 Å². The molecule has 1 aliphatic carbocycles. The van der Waals surface area contributed by atoms with Crippen molar-refractivity contribution in [3.8, 4) is 6.07 Å². The number of rotatable bonds is 8. The Morgan fingerprint density at radius 2 is 1.80 bits per heavy atom. The number of nitrogens with zero attached hydrogens (tertiary/aromatic N) is 5. The minimum Gasteiger partial charge on any atom is -0.444 e. The summed E-state index contributed by atoms with van der Waals surface area (Å²) in [6, 6.07) is 8.28. The van der Waals surface area contributed by atoms with Crippen LogP contribution in [0.1, 0.15) is 50.8 Å². The average Bonchev–Trinajstić information content (AvgIpc) is 2.99. The number of piperazine rings is 1. The van der Waals surface area contributed by atoms with E-state index in [1.54, 1.807) is 32.9 Å². The molecule has 11 nitrogen and oxygen atoms in total. The van der Waals surface area contributed by atoms with Gasteiger partial charge in [0, 0.05) is 48.4 Å². The van der Waals surface area contributed by atoms with Crippen molar-refractivity contribution in [3.05, 3.63) is 82.6 Å². The largest absolute Gasteiger partial charge is 0.444 e. The molecule has 2 N–H and O–H groups in total. The monoisotopic (exact) mass is 701 g/mol. The molecule has 3 atom stereocenters. The number of alkyl halides is 2. The zero-order valence-corrected chi connectivity index (χ0v) is 27.3. The Hall–Kier alpha value is -4.97. The number of nitrogens with one attached hydrogen (secondary N) is 2. The van der Waals surface area contributed by atoms with Crippen molar-refractivity contribution >= 4 is 41.1 Å². The van der Waals surface area contributed by atoms with Gasteiger partial charge in [-0.2, -0.15) is 5.26 Å². The summed E-state index contributed by atoms with van der Waals surface area (Å²) in [5.74, 6) is -8.14. The second-order valence-electron chi connectivity index (χ2n) is 12.8. The second-order valence-corrected chi connectivity index (χ2v) is 13.2. The van der Waals surface area contributed by atoms with Crippen molar-refractivity contribution in [2.24, 2.45) is 0 Å². The van der Waals surface area contributed by atoms with Crippen LogP contribution in [-0.4, -0.2) is 75.5 Å². The minimum atomic E-state index is -2.97. The summed E-state index contributed by atoms with van der Waals surface area (Å²) in [7, 11) is 0. The highest BCUT2D eigenvalue weighted by atomic mass is 35.5. The number of carbonyl (C=O) groups excluding carboxylic acids is 3. The standard InChI is InChI=1S/C33H32ClF4N7O4/c1-32(2,3)49-31(48)44-16-25(45(26(46)17-44)30-40-9-8-20(15-39)43-30)28(41-21-11-18(35)10-19(36)12-21)27(23-6-4-5-7-24(23)34)29(47)42-22-13-33(37,38)14-22/h4-12,22,25,27-28,41H,13-14,16-17H2,1-3H3,(H,42,47)/t25-,27?,28?/m0/s1. The minimum absolute atomic E-state index is 0.0826. The number of nitriles is 1. The number of benzene rings is 2. The number of anilines is 2. The predicted octanol–water partition coefficient (Wildman–Crippen LogP) is 5.41. The van der Waals surface area contributed by atoms with Gasteiger partial charge in [-0.15, -0.1) is 0 Å². The highest BCUT2D eigenvalue weighted by molar-refractivity contribution is 6.31. The molecule has 2 fully saturated rings. The van der Waals surface area contributed by atoms with E-state index in [9.17, 15) is 37.2 Å². The van der Waals surface area contributed by atoms with Gasteiger partial charge in [0.05, 0.1) is 18.0 Å². The second kappa shape index (κ2) is 13.9. The van der Waals surface area contributed by atoms with Crippen molar-refractivity contribution in [2.45, 2.75) is 69.2 Å². The lowest BCUT2D eigenvalue weighted by molar-refractivity contribution is -0.131. The fourth-order valence-electron chi connectivity index (χ4n) is 5.83. The summed E-state index contributed by atoms with van der Waals surface area (Å²) in [5, 5.41) is 15.2. The first-order chi connectivity index (χ1) is 23.0. The van der Waals surface area contributed by atoms with Crippen LogP contribution in [0, 0.1) is 23.0 Å². The molecule has 1 aliphatic heterocycles. The Morgan fingerprint density at radius 3 is 2.41 bits per heavy atom. The third-order valence-corrected chi connectivity index (χ3v) is 8.23. The van der Waals surface area contributed by atoms with Crippen LogP contribution in [-0.2, 0) is 14.3 Å². The third kappa shape index (κ3) is 8.37. The Labute approximate surface area is 284 Å².